The van der Waals surface area contributed by atoms with E-state index in [1.54, 1.807) is 6.07 Å². The molecule has 0 saturated carbocycles. The third-order valence-corrected chi connectivity index (χ3v) is 4.77. The zero-order valence-corrected chi connectivity index (χ0v) is 16.3. The Morgan fingerprint density at radius 3 is 2.25 bits per heavy atom. The number of aryl methyl sites for hydroxylation is 2. The normalized spacial score (nSPS) is 10.5. The highest BCUT2D eigenvalue weighted by atomic mass is 35.5. The van der Waals surface area contributed by atoms with E-state index in [0.717, 1.165) is 30.5 Å². The van der Waals surface area contributed by atoms with Crippen molar-refractivity contribution in [1.29, 1.82) is 0 Å². The predicted octanol–water partition coefficient (Wildman–Crippen LogP) is 5.65. The summed E-state index contributed by atoms with van der Waals surface area (Å²) in [5, 5.41) is 8.58. The van der Waals surface area contributed by atoms with Crippen LogP contribution in [0.3, 0.4) is 0 Å². The molecule has 5 heteroatoms. The van der Waals surface area contributed by atoms with Gasteiger partial charge in [0, 0.05) is 22.3 Å². The van der Waals surface area contributed by atoms with Gasteiger partial charge >= 0.3 is 0 Å². The van der Waals surface area contributed by atoms with Crippen LogP contribution in [0, 0.1) is 0 Å². The summed E-state index contributed by atoms with van der Waals surface area (Å²) >= 11 is 17.6. The van der Waals surface area contributed by atoms with E-state index in [-0.39, 0.29) is 0 Å². The van der Waals surface area contributed by atoms with Crippen molar-refractivity contribution in [3.8, 4) is 0 Å². The van der Waals surface area contributed by atoms with Crippen molar-refractivity contribution in [3.05, 3.63) is 63.1 Å². The summed E-state index contributed by atoms with van der Waals surface area (Å²) in [4.78, 5) is 0. The van der Waals surface area contributed by atoms with E-state index in [1.807, 2.05) is 12.1 Å². The molecule has 0 aromatic heterocycles. The number of para-hydroxylation sites is 1. The fraction of sp³-hybridized carbons (Fsp3) is 0.316. The lowest BCUT2D eigenvalue weighted by molar-refractivity contribution is 0.873. The maximum absolute atomic E-state index is 6.19. The van der Waals surface area contributed by atoms with E-state index in [1.165, 1.54) is 11.1 Å². The zero-order chi connectivity index (χ0) is 17.5. The van der Waals surface area contributed by atoms with Gasteiger partial charge in [0.05, 0.1) is 0 Å². The van der Waals surface area contributed by atoms with E-state index in [0.29, 0.717) is 21.7 Å². The van der Waals surface area contributed by atoms with Crippen LogP contribution in [0.25, 0.3) is 0 Å². The number of nitrogens with one attached hydrogen (secondary N) is 2. The number of benzene rings is 2. The fourth-order valence-electron chi connectivity index (χ4n) is 2.60. The van der Waals surface area contributed by atoms with Crippen LogP contribution in [0.15, 0.2) is 36.4 Å². The van der Waals surface area contributed by atoms with Crippen molar-refractivity contribution >= 4 is 46.2 Å². The maximum Gasteiger partial charge on any atom is 0.170 e. The summed E-state index contributed by atoms with van der Waals surface area (Å²) in [5.74, 6) is 0. The minimum atomic E-state index is 0.635. The van der Waals surface area contributed by atoms with Crippen LogP contribution in [0.2, 0.25) is 10.0 Å². The fourth-order valence-corrected chi connectivity index (χ4v) is 3.30. The van der Waals surface area contributed by atoms with Gasteiger partial charge in [-0.1, -0.05) is 61.3 Å². The molecule has 2 nitrogen and oxygen atoms in total. The van der Waals surface area contributed by atoms with E-state index >= 15 is 0 Å². The largest absolute Gasteiger partial charge is 0.362 e. The van der Waals surface area contributed by atoms with Gasteiger partial charge in [-0.15, -0.1) is 0 Å². The van der Waals surface area contributed by atoms with Crippen molar-refractivity contribution in [2.24, 2.45) is 0 Å². The van der Waals surface area contributed by atoms with Crippen molar-refractivity contribution in [1.82, 2.24) is 5.32 Å². The molecule has 0 amide bonds. The first-order valence-corrected chi connectivity index (χ1v) is 9.31. The maximum atomic E-state index is 6.19. The van der Waals surface area contributed by atoms with Crippen molar-refractivity contribution in [3.63, 3.8) is 0 Å². The van der Waals surface area contributed by atoms with Gasteiger partial charge in [0.15, 0.2) is 5.11 Å². The molecule has 2 N–H and O–H groups in total. The zero-order valence-electron chi connectivity index (χ0n) is 14.0. The molecule has 2 aromatic rings. The Balaban J connectivity index is 1.94. The quantitative estimate of drug-likeness (QED) is 0.633. The molecule has 0 aliphatic rings. The highest BCUT2D eigenvalue weighted by Crippen LogP contribution is 2.23. The molecule has 0 aliphatic carbocycles. The second-order valence-electron chi connectivity index (χ2n) is 5.52. The van der Waals surface area contributed by atoms with Gasteiger partial charge in [0.2, 0.25) is 0 Å². The predicted molar refractivity (Wildman–Crippen MR) is 110 cm³/mol. The van der Waals surface area contributed by atoms with Crippen LogP contribution in [0.1, 0.15) is 30.5 Å². The van der Waals surface area contributed by atoms with Gasteiger partial charge < -0.3 is 10.6 Å². The monoisotopic (exact) mass is 380 g/mol. The second kappa shape index (κ2) is 9.26. The molecular weight excluding hydrogens is 359 g/mol. The van der Waals surface area contributed by atoms with E-state index in [4.69, 9.17) is 35.4 Å². The summed E-state index contributed by atoms with van der Waals surface area (Å²) in [6, 6.07) is 11.9. The Hall–Kier alpha value is -1.29. The first kappa shape index (κ1) is 19.0. The van der Waals surface area contributed by atoms with Gasteiger partial charge in [0.1, 0.15) is 0 Å². The Kier molecular flexibility index (Phi) is 7.35. The lowest BCUT2D eigenvalue weighted by Gasteiger charge is -2.17. The molecule has 0 unspecified atom stereocenters. The second-order valence-corrected chi connectivity index (χ2v) is 6.78. The molecule has 0 bridgehead atoms. The number of hydrogen-bond acceptors (Lipinski definition) is 1. The van der Waals surface area contributed by atoms with Crippen molar-refractivity contribution < 1.29 is 0 Å². The topological polar surface area (TPSA) is 24.1 Å². The SMILES string of the molecule is CCc1cccc(CC)c1NC(=S)NCCc1ccc(Cl)cc1Cl. The molecular formula is C19H22Cl2N2S. The molecule has 0 atom stereocenters. The Bertz CT molecular complexity index is 694. The summed E-state index contributed by atoms with van der Waals surface area (Å²) in [5.41, 5.74) is 4.74. The molecule has 0 radical (unpaired) electrons. The third-order valence-electron chi connectivity index (χ3n) is 3.93. The van der Waals surface area contributed by atoms with E-state index in [2.05, 4.69) is 42.7 Å². The van der Waals surface area contributed by atoms with Crippen molar-refractivity contribution in [2.45, 2.75) is 33.1 Å². The van der Waals surface area contributed by atoms with Gasteiger partial charge in [-0.2, -0.15) is 0 Å². The third kappa shape index (κ3) is 5.10. The van der Waals surface area contributed by atoms with Gasteiger partial charge in [-0.05, 0) is 60.3 Å². The molecule has 128 valence electrons. The summed E-state index contributed by atoms with van der Waals surface area (Å²) in [6.45, 7) is 5.01. The van der Waals surface area contributed by atoms with Gasteiger partial charge in [-0.3, -0.25) is 0 Å². The highest BCUT2D eigenvalue weighted by molar-refractivity contribution is 7.80. The number of thiocarbonyl (C=S) groups is 1. The lowest BCUT2D eigenvalue weighted by Crippen LogP contribution is -2.31. The molecule has 0 spiro atoms. The van der Waals surface area contributed by atoms with Crippen molar-refractivity contribution in [2.75, 3.05) is 11.9 Å². The van der Waals surface area contributed by atoms with Crippen LogP contribution in [0.5, 0.6) is 0 Å². The average molecular weight is 381 g/mol. The molecule has 0 fully saturated rings. The first-order valence-electron chi connectivity index (χ1n) is 8.14. The minimum absolute atomic E-state index is 0.635. The van der Waals surface area contributed by atoms with Gasteiger partial charge in [-0.25, -0.2) is 0 Å². The first-order chi connectivity index (χ1) is 11.5. The Morgan fingerprint density at radius 2 is 1.67 bits per heavy atom. The van der Waals surface area contributed by atoms with Crippen LogP contribution >= 0.6 is 35.4 Å². The summed E-state index contributed by atoms with van der Waals surface area (Å²) in [7, 11) is 0. The number of rotatable bonds is 6. The molecule has 0 saturated heterocycles. The Morgan fingerprint density at radius 1 is 1.00 bits per heavy atom. The molecule has 0 heterocycles. The smallest absolute Gasteiger partial charge is 0.170 e. The standard InChI is InChI=1S/C19H22Cl2N2S/c1-3-13-6-5-7-14(4-2)18(13)23-19(24)22-11-10-15-8-9-16(20)12-17(15)21/h5-9,12H,3-4,10-11H2,1-2H3,(H2,22,23,24). The molecule has 24 heavy (non-hydrogen) atoms. The van der Waals surface area contributed by atoms with Gasteiger partial charge in [0.25, 0.3) is 0 Å². The molecule has 0 aliphatic heterocycles. The van der Waals surface area contributed by atoms with Crippen LogP contribution < -0.4 is 10.6 Å². The summed E-state index contributed by atoms with van der Waals surface area (Å²) in [6.07, 6.45) is 2.73. The highest BCUT2D eigenvalue weighted by Gasteiger charge is 2.08. The number of hydrogen-bond donors (Lipinski definition) is 2. The Labute approximate surface area is 159 Å². The van der Waals surface area contributed by atoms with Crippen LogP contribution in [0.4, 0.5) is 5.69 Å². The number of halogens is 2. The minimum Gasteiger partial charge on any atom is -0.362 e. The van der Waals surface area contributed by atoms with E-state index < -0.39 is 0 Å². The van der Waals surface area contributed by atoms with Crippen LogP contribution in [-0.4, -0.2) is 11.7 Å². The lowest BCUT2D eigenvalue weighted by atomic mass is 10.0. The molecule has 2 rings (SSSR count). The van der Waals surface area contributed by atoms with Crippen LogP contribution in [-0.2, 0) is 19.3 Å². The number of anilines is 1. The molecule has 2 aromatic carbocycles. The average Bonchev–Trinajstić information content (AvgIpc) is 2.57. The summed E-state index contributed by atoms with van der Waals surface area (Å²) < 4.78 is 0. The van der Waals surface area contributed by atoms with E-state index in [9.17, 15) is 0 Å².